The number of alkyl halides is 3. The molecular formula is C18H17F3O3S. The fraction of sp³-hybridized carbons (Fsp3) is 0.278. The maximum atomic E-state index is 12.6. The molecule has 0 heterocycles. The highest BCUT2D eigenvalue weighted by molar-refractivity contribution is 7.98. The largest absolute Gasteiger partial charge is 0.481 e. The number of ether oxygens (including phenoxy) is 1. The molecular weight excluding hydrogens is 353 g/mol. The molecule has 25 heavy (non-hydrogen) atoms. The van der Waals surface area contributed by atoms with Gasteiger partial charge in [-0.2, -0.15) is 13.2 Å². The number of rotatable bonds is 6. The molecule has 0 aliphatic carbocycles. The zero-order valence-electron chi connectivity index (χ0n) is 13.7. The topological polar surface area (TPSA) is 46.5 Å². The number of halogens is 3. The van der Waals surface area contributed by atoms with Crippen LogP contribution < -0.4 is 4.74 Å². The maximum absolute atomic E-state index is 12.6. The zero-order valence-corrected chi connectivity index (χ0v) is 14.5. The molecule has 0 atom stereocenters. The lowest BCUT2D eigenvalue weighted by Gasteiger charge is -2.13. The van der Waals surface area contributed by atoms with E-state index >= 15 is 0 Å². The Bertz CT molecular complexity index is 732. The molecule has 0 bridgehead atoms. The summed E-state index contributed by atoms with van der Waals surface area (Å²) in [5, 5.41) is 8.69. The third kappa shape index (κ3) is 5.42. The fourth-order valence-corrected chi connectivity index (χ4v) is 3.36. The highest BCUT2D eigenvalue weighted by Gasteiger charge is 2.29. The van der Waals surface area contributed by atoms with Crippen molar-refractivity contribution in [3.05, 3.63) is 58.7 Å². The van der Waals surface area contributed by atoms with Crippen molar-refractivity contribution in [2.75, 3.05) is 6.61 Å². The van der Waals surface area contributed by atoms with Crippen molar-refractivity contribution in [2.45, 2.75) is 30.7 Å². The number of carbonyl (C=O) groups is 1. The van der Waals surface area contributed by atoms with E-state index in [0.717, 1.165) is 33.7 Å². The summed E-state index contributed by atoms with van der Waals surface area (Å²) >= 11 is 1.50. The summed E-state index contributed by atoms with van der Waals surface area (Å²) in [4.78, 5) is 11.6. The number of thioether (sulfide) groups is 1. The molecule has 0 aliphatic heterocycles. The van der Waals surface area contributed by atoms with Gasteiger partial charge >= 0.3 is 12.1 Å². The lowest BCUT2D eigenvalue weighted by molar-refractivity contribution is -0.139. The molecule has 1 N–H and O–H groups in total. The Morgan fingerprint density at radius 1 is 1.12 bits per heavy atom. The molecule has 0 aromatic heterocycles. The average molecular weight is 370 g/mol. The smallest absolute Gasteiger partial charge is 0.416 e. The first-order valence-corrected chi connectivity index (χ1v) is 8.40. The third-order valence-electron chi connectivity index (χ3n) is 3.46. The van der Waals surface area contributed by atoms with Crippen molar-refractivity contribution in [2.24, 2.45) is 0 Å². The summed E-state index contributed by atoms with van der Waals surface area (Å²) in [5.41, 5.74) is 1.76. The Morgan fingerprint density at radius 3 is 2.16 bits per heavy atom. The normalized spacial score (nSPS) is 11.4. The van der Waals surface area contributed by atoms with E-state index in [1.54, 1.807) is 0 Å². The minimum Gasteiger partial charge on any atom is -0.481 e. The number of carboxylic acid groups (broad SMARTS) is 1. The molecule has 2 aromatic rings. The fourth-order valence-electron chi connectivity index (χ4n) is 2.31. The van der Waals surface area contributed by atoms with E-state index in [0.29, 0.717) is 11.5 Å². The molecule has 2 aromatic carbocycles. The zero-order chi connectivity index (χ0) is 18.6. The van der Waals surface area contributed by atoms with E-state index < -0.39 is 24.3 Å². The second kappa shape index (κ2) is 7.82. The van der Waals surface area contributed by atoms with Gasteiger partial charge in [-0.25, -0.2) is 4.79 Å². The van der Waals surface area contributed by atoms with Crippen LogP contribution in [0.2, 0.25) is 0 Å². The number of hydrogen-bond acceptors (Lipinski definition) is 3. The van der Waals surface area contributed by atoms with E-state index in [9.17, 15) is 18.0 Å². The van der Waals surface area contributed by atoms with Crippen LogP contribution in [0.15, 0.2) is 41.3 Å². The molecule has 0 saturated heterocycles. The van der Waals surface area contributed by atoms with Crippen molar-refractivity contribution in [1.29, 1.82) is 0 Å². The number of aliphatic carboxylic acids is 1. The summed E-state index contributed by atoms with van der Waals surface area (Å²) in [6.07, 6.45) is -4.33. The molecule has 0 radical (unpaired) electrons. The minimum absolute atomic E-state index is 0.403. The van der Waals surface area contributed by atoms with Gasteiger partial charge in [0.15, 0.2) is 6.61 Å². The monoisotopic (exact) mass is 370 g/mol. The predicted molar refractivity (Wildman–Crippen MR) is 90.1 cm³/mol. The van der Waals surface area contributed by atoms with E-state index in [4.69, 9.17) is 9.84 Å². The Hall–Kier alpha value is -2.15. The standard InChI is InChI=1S/C18H17F3O3S/c1-11-7-15(8-12(2)17(11)24-9-16(22)23)25-10-13-3-5-14(6-4-13)18(19,20)21/h3-8H,9-10H2,1-2H3,(H,22,23). The molecule has 3 nitrogen and oxygen atoms in total. The summed E-state index contributed by atoms with van der Waals surface area (Å²) in [5.74, 6) is 0.0348. The van der Waals surface area contributed by atoms with Crippen molar-refractivity contribution >= 4 is 17.7 Å². The Labute approximate surface area is 147 Å². The molecule has 0 unspecified atom stereocenters. The van der Waals surface area contributed by atoms with Crippen LogP contribution in [-0.2, 0) is 16.7 Å². The molecule has 134 valence electrons. The predicted octanol–water partition coefficient (Wildman–Crippen LogP) is 5.08. The van der Waals surface area contributed by atoms with Crippen LogP contribution in [0.4, 0.5) is 13.2 Å². The molecule has 7 heteroatoms. The van der Waals surface area contributed by atoms with E-state index in [2.05, 4.69) is 0 Å². The quantitative estimate of drug-likeness (QED) is 0.721. The third-order valence-corrected chi connectivity index (χ3v) is 4.51. The van der Waals surface area contributed by atoms with Crippen LogP contribution >= 0.6 is 11.8 Å². The lowest BCUT2D eigenvalue weighted by atomic mass is 10.1. The number of benzene rings is 2. The first kappa shape index (κ1) is 19.2. The highest BCUT2D eigenvalue weighted by atomic mass is 32.2. The van der Waals surface area contributed by atoms with Crippen LogP contribution in [-0.4, -0.2) is 17.7 Å². The molecule has 0 saturated carbocycles. The first-order chi connectivity index (χ1) is 11.7. The van der Waals surface area contributed by atoms with Gasteiger partial charge in [-0.05, 0) is 54.8 Å². The van der Waals surface area contributed by atoms with Gasteiger partial charge < -0.3 is 9.84 Å². The summed E-state index contributed by atoms with van der Waals surface area (Å²) in [6, 6.07) is 8.85. The van der Waals surface area contributed by atoms with Crippen LogP contribution in [0.25, 0.3) is 0 Å². The molecule has 0 aliphatic rings. The number of aryl methyl sites for hydroxylation is 2. The SMILES string of the molecule is Cc1cc(SCc2ccc(C(F)(F)F)cc2)cc(C)c1OCC(=O)O. The average Bonchev–Trinajstić information content (AvgIpc) is 2.51. The van der Waals surface area contributed by atoms with Gasteiger partial charge in [-0.3, -0.25) is 0 Å². The molecule has 0 fully saturated rings. The van der Waals surface area contributed by atoms with Crippen molar-refractivity contribution in [3.63, 3.8) is 0 Å². The lowest BCUT2D eigenvalue weighted by Crippen LogP contribution is -2.10. The Morgan fingerprint density at radius 2 is 1.68 bits per heavy atom. The van der Waals surface area contributed by atoms with Crippen molar-refractivity contribution in [1.82, 2.24) is 0 Å². The van der Waals surface area contributed by atoms with Crippen LogP contribution in [0.1, 0.15) is 22.3 Å². The van der Waals surface area contributed by atoms with Gasteiger partial charge in [-0.15, -0.1) is 11.8 Å². The van der Waals surface area contributed by atoms with E-state index in [1.807, 2.05) is 26.0 Å². The van der Waals surface area contributed by atoms with Crippen LogP contribution in [0.3, 0.4) is 0 Å². The number of hydrogen-bond donors (Lipinski definition) is 1. The van der Waals surface area contributed by atoms with Gasteiger partial charge in [0.2, 0.25) is 0 Å². The van der Waals surface area contributed by atoms with Gasteiger partial charge in [0, 0.05) is 10.6 Å². The van der Waals surface area contributed by atoms with Gasteiger partial charge in [-0.1, -0.05) is 12.1 Å². The van der Waals surface area contributed by atoms with Gasteiger partial charge in [0.25, 0.3) is 0 Å². The maximum Gasteiger partial charge on any atom is 0.416 e. The molecule has 0 amide bonds. The summed E-state index contributed by atoms with van der Waals surface area (Å²) in [6.45, 7) is 3.25. The molecule has 2 rings (SSSR count). The van der Waals surface area contributed by atoms with Gasteiger partial charge in [0.05, 0.1) is 5.56 Å². The first-order valence-electron chi connectivity index (χ1n) is 7.41. The summed E-state index contributed by atoms with van der Waals surface area (Å²) < 4.78 is 42.9. The minimum atomic E-state index is -4.33. The van der Waals surface area contributed by atoms with Crippen LogP contribution in [0.5, 0.6) is 5.75 Å². The van der Waals surface area contributed by atoms with Crippen molar-refractivity contribution in [3.8, 4) is 5.75 Å². The highest BCUT2D eigenvalue weighted by Crippen LogP contribution is 2.33. The second-order valence-corrected chi connectivity index (χ2v) is 6.60. The summed E-state index contributed by atoms with van der Waals surface area (Å²) in [7, 11) is 0. The van der Waals surface area contributed by atoms with E-state index in [1.165, 1.54) is 23.9 Å². The van der Waals surface area contributed by atoms with E-state index in [-0.39, 0.29) is 0 Å². The Kier molecular flexibility index (Phi) is 6.00. The molecule has 0 spiro atoms. The number of carboxylic acids is 1. The van der Waals surface area contributed by atoms with Crippen molar-refractivity contribution < 1.29 is 27.8 Å². The van der Waals surface area contributed by atoms with Gasteiger partial charge in [0.1, 0.15) is 5.75 Å². The second-order valence-electron chi connectivity index (χ2n) is 5.55. The van der Waals surface area contributed by atoms with Crippen LogP contribution in [0, 0.1) is 13.8 Å². The Balaban J connectivity index is 2.04.